The predicted molar refractivity (Wildman–Crippen MR) is 79.6 cm³/mol. The number of ether oxygens (including phenoxy) is 1. The number of hydrogen-bond acceptors (Lipinski definition) is 5. The van der Waals surface area contributed by atoms with Gasteiger partial charge in [0.1, 0.15) is 5.60 Å². The van der Waals surface area contributed by atoms with E-state index in [1.807, 2.05) is 20.8 Å². The maximum Gasteiger partial charge on any atom is 0.410 e. The van der Waals surface area contributed by atoms with Crippen LogP contribution in [-0.4, -0.2) is 76.0 Å². The van der Waals surface area contributed by atoms with E-state index in [1.165, 1.54) is 0 Å². The lowest BCUT2D eigenvalue weighted by Crippen LogP contribution is -2.71. The van der Waals surface area contributed by atoms with Gasteiger partial charge in [-0.05, 0) is 39.7 Å². The molecule has 0 aromatic rings. The first-order valence-corrected chi connectivity index (χ1v) is 7.71. The summed E-state index contributed by atoms with van der Waals surface area (Å²) in [4.78, 5) is 26.9. The fraction of sp³-hybridized carbons (Fsp3) is 0.867. The van der Waals surface area contributed by atoms with Crippen molar-refractivity contribution in [3.8, 4) is 0 Å². The predicted octanol–water partition coefficient (Wildman–Crippen LogP) is 0.765. The number of amides is 1. The number of carboxylic acids is 1. The third-order valence-corrected chi connectivity index (χ3v) is 4.32. The minimum Gasteiger partial charge on any atom is -0.481 e. The summed E-state index contributed by atoms with van der Waals surface area (Å²) in [7, 11) is 0. The summed E-state index contributed by atoms with van der Waals surface area (Å²) in [6.07, 6.45) is 0.473. The van der Waals surface area contributed by atoms with Gasteiger partial charge < -0.3 is 19.8 Å². The van der Waals surface area contributed by atoms with Gasteiger partial charge in [-0.25, -0.2) is 4.79 Å². The summed E-state index contributed by atoms with van der Waals surface area (Å²) in [5.41, 5.74) is -1.08. The van der Waals surface area contributed by atoms with Crippen LogP contribution in [0.2, 0.25) is 0 Å². The highest BCUT2D eigenvalue weighted by Crippen LogP contribution is 2.36. The number of carbonyl (C=O) groups is 2. The fourth-order valence-electron chi connectivity index (χ4n) is 3.24. The molecule has 1 amide bonds. The lowest BCUT2D eigenvalue weighted by atomic mass is 9.84. The summed E-state index contributed by atoms with van der Waals surface area (Å²) in [5.74, 6) is -0.669. The first-order chi connectivity index (χ1) is 10.1. The molecular formula is C15H26N2O5. The van der Waals surface area contributed by atoms with Crippen LogP contribution in [0.1, 0.15) is 33.6 Å². The SMILES string of the molecule is CC(C)(C)OC(=O)N1CC(CC(=O)O)(N2CCC(CO)C2)C1. The standard InChI is InChI=1S/C15H26N2O5/c1-14(2,3)22-13(21)16-9-15(10-16,6-12(19)20)17-5-4-11(7-17)8-18/h11,18H,4-10H2,1-3H3,(H,19,20). The van der Waals surface area contributed by atoms with Gasteiger partial charge in [0, 0.05) is 26.2 Å². The first-order valence-electron chi connectivity index (χ1n) is 7.71. The van der Waals surface area contributed by atoms with E-state index < -0.39 is 23.2 Å². The molecule has 2 aliphatic heterocycles. The van der Waals surface area contributed by atoms with Crippen LogP contribution in [-0.2, 0) is 9.53 Å². The third-order valence-electron chi connectivity index (χ3n) is 4.32. The van der Waals surface area contributed by atoms with Crippen molar-refractivity contribution in [2.24, 2.45) is 5.92 Å². The summed E-state index contributed by atoms with van der Waals surface area (Å²) < 4.78 is 5.33. The van der Waals surface area contributed by atoms with Crippen molar-refractivity contribution in [3.63, 3.8) is 0 Å². The van der Waals surface area contributed by atoms with E-state index >= 15 is 0 Å². The van der Waals surface area contributed by atoms with Gasteiger partial charge in [0.2, 0.25) is 0 Å². The summed E-state index contributed by atoms with van der Waals surface area (Å²) >= 11 is 0. The number of carbonyl (C=O) groups excluding carboxylic acids is 1. The van der Waals surface area contributed by atoms with Crippen LogP contribution in [0.5, 0.6) is 0 Å². The average Bonchev–Trinajstić information content (AvgIpc) is 2.79. The van der Waals surface area contributed by atoms with Crippen LogP contribution in [0.4, 0.5) is 4.79 Å². The molecule has 0 bridgehead atoms. The van der Waals surface area contributed by atoms with Crippen molar-refractivity contribution in [2.45, 2.75) is 44.8 Å². The van der Waals surface area contributed by atoms with Crippen LogP contribution in [0.15, 0.2) is 0 Å². The van der Waals surface area contributed by atoms with Crippen molar-refractivity contribution in [3.05, 3.63) is 0 Å². The second-order valence-electron chi connectivity index (χ2n) is 7.41. The molecule has 0 radical (unpaired) electrons. The Balaban J connectivity index is 1.99. The van der Waals surface area contributed by atoms with Gasteiger partial charge in [-0.3, -0.25) is 9.69 Å². The van der Waals surface area contributed by atoms with Crippen LogP contribution in [0.25, 0.3) is 0 Å². The van der Waals surface area contributed by atoms with Crippen molar-refractivity contribution in [2.75, 3.05) is 32.8 Å². The molecule has 7 heteroatoms. The molecule has 2 saturated heterocycles. The molecule has 7 nitrogen and oxygen atoms in total. The molecule has 2 aliphatic rings. The van der Waals surface area contributed by atoms with Crippen molar-refractivity contribution < 1.29 is 24.5 Å². The first kappa shape index (κ1) is 17.0. The van der Waals surface area contributed by atoms with E-state index in [4.69, 9.17) is 4.74 Å². The minimum absolute atomic E-state index is 0.00441. The minimum atomic E-state index is -0.865. The topological polar surface area (TPSA) is 90.3 Å². The van der Waals surface area contributed by atoms with Gasteiger partial charge >= 0.3 is 12.1 Å². The Bertz CT molecular complexity index is 440. The lowest BCUT2D eigenvalue weighted by molar-refractivity contribution is -0.145. The summed E-state index contributed by atoms with van der Waals surface area (Å²) in [6, 6.07) is 0. The largest absolute Gasteiger partial charge is 0.481 e. The Morgan fingerprint density at radius 1 is 1.32 bits per heavy atom. The van der Waals surface area contributed by atoms with Gasteiger partial charge in [0.05, 0.1) is 12.0 Å². The van der Waals surface area contributed by atoms with Crippen molar-refractivity contribution in [1.29, 1.82) is 0 Å². The number of aliphatic carboxylic acids is 1. The Morgan fingerprint density at radius 3 is 2.41 bits per heavy atom. The molecule has 0 aromatic heterocycles. The number of nitrogens with zero attached hydrogens (tertiary/aromatic N) is 2. The Kier molecular flexibility index (Phi) is 4.67. The molecule has 0 aromatic carbocycles. The van der Waals surface area contributed by atoms with Gasteiger partial charge in [-0.1, -0.05) is 0 Å². The Morgan fingerprint density at radius 2 is 1.95 bits per heavy atom. The maximum absolute atomic E-state index is 12.0. The number of aliphatic hydroxyl groups excluding tert-OH is 1. The summed E-state index contributed by atoms with van der Waals surface area (Å²) in [5, 5.41) is 18.5. The number of likely N-dealkylation sites (tertiary alicyclic amines) is 2. The second-order valence-corrected chi connectivity index (χ2v) is 7.41. The van der Waals surface area contributed by atoms with Crippen molar-refractivity contribution >= 4 is 12.1 Å². The highest BCUT2D eigenvalue weighted by molar-refractivity contribution is 5.73. The fourth-order valence-corrected chi connectivity index (χ4v) is 3.24. The Hall–Kier alpha value is -1.34. The van der Waals surface area contributed by atoms with Crippen LogP contribution in [0, 0.1) is 5.92 Å². The van der Waals surface area contributed by atoms with Crippen LogP contribution < -0.4 is 0 Å². The summed E-state index contributed by atoms with van der Waals surface area (Å²) in [6.45, 7) is 7.73. The lowest BCUT2D eigenvalue weighted by Gasteiger charge is -2.54. The molecule has 126 valence electrons. The van der Waals surface area contributed by atoms with Crippen molar-refractivity contribution in [1.82, 2.24) is 9.80 Å². The average molecular weight is 314 g/mol. The van der Waals surface area contributed by atoms with E-state index in [-0.39, 0.29) is 18.9 Å². The molecule has 0 spiro atoms. The van der Waals surface area contributed by atoms with E-state index in [0.717, 1.165) is 13.0 Å². The Labute approximate surface area is 130 Å². The van der Waals surface area contributed by atoms with Gasteiger partial charge in [0.25, 0.3) is 0 Å². The molecule has 22 heavy (non-hydrogen) atoms. The maximum atomic E-state index is 12.0. The van der Waals surface area contributed by atoms with Gasteiger partial charge in [-0.15, -0.1) is 0 Å². The smallest absolute Gasteiger partial charge is 0.410 e. The van der Waals surface area contributed by atoms with Gasteiger partial charge in [0.15, 0.2) is 0 Å². The zero-order chi connectivity index (χ0) is 16.5. The highest BCUT2D eigenvalue weighted by Gasteiger charge is 2.53. The van der Waals surface area contributed by atoms with E-state index in [2.05, 4.69) is 4.90 Å². The zero-order valence-electron chi connectivity index (χ0n) is 13.5. The molecule has 1 atom stereocenters. The molecule has 2 heterocycles. The molecule has 2 N–H and O–H groups in total. The monoisotopic (exact) mass is 314 g/mol. The third kappa shape index (κ3) is 3.70. The number of carboxylic acid groups (broad SMARTS) is 1. The van der Waals surface area contributed by atoms with E-state index in [9.17, 15) is 19.8 Å². The quantitative estimate of drug-likeness (QED) is 0.796. The molecule has 0 aliphatic carbocycles. The van der Waals surface area contributed by atoms with E-state index in [0.29, 0.717) is 19.6 Å². The second kappa shape index (κ2) is 6.04. The molecule has 2 fully saturated rings. The number of aliphatic hydroxyl groups is 1. The molecule has 2 rings (SSSR count). The zero-order valence-corrected chi connectivity index (χ0v) is 13.5. The molecular weight excluding hydrogens is 288 g/mol. The van der Waals surface area contributed by atoms with Crippen LogP contribution in [0.3, 0.4) is 0 Å². The van der Waals surface area contributed by atoms with Gasteiger partial charge in [-0.2, -0.15) is 0 Å². The van der Waals surface area contributed by atoms with Crippen LogP contribution >= 0.6 is 0 Å². The van der Waals surface area contributed by atoms with E-state index in [1.54, 1.807) is 4.90 Å². The molecule has 0 saturated carbocycles. The number of hydrogen-bond donors (Lipinski definition) is 2. The number of rotatable bonds is 4. The molecule has 1 unspecified atom stereocenters. The highest BCUT2D eigenvalue weighted by atomic mass is 16.6. The normalized spacial score (nSPS) is 24.9.